The highest BCUT2D eigenvalue weighted by atomic mass is 16.2. The molecule has 0 bridgehead atoms. The Morgan fingerprint density at radius 2 is 2.12 bits per heavy atom. The van der Waals surface area contributed by atoms with E-state index in [4.69, 9.17) is 7.85 Å². The molecule has 0 unspecified atom stereocenters. The quantitative estimate of drug-likeness (QED) is 0.606. The van der Waals surface area contributed by atoms with Crippen LogP contribution in [0.5, 0.6) is 0 Å². The fourth-order valence-electron chi connectivity index (χ4n) is 1.41. The van der Waals surface area contributed by atoms with E-state index in [2.05, 4.69) is 15.4 Å². The van der Waals surface area contributed by atoms with E-state index in [1.54, 1.807) is 7.05 Å². The number of rotatable bonds is 2. The number of pyridine rings is 1. The first-order valence-electron chi connectivity index (χ1n) is 4.84. The van der Waals surface area contributed by atoms with Gasteiger partial charge in [0.05, 0.1) is 0 Å². The lowest BCUT2D eigenvalue weighted by atomic mass is 9.98. The van der Waals surface area contributed by atoms with Crippen molar-refractivity contribution in [3.05, 3.63) is 33.1 Å². The Hall–Kier alpha value is -2.25. The van der Waals surface area contributed by atoms with E-state index in [1.807, 2.05) is 0 Å². The molecule has 0 spiro atoms. The van der Waals surface area contributed by atoms with E-state index in [9.17, 15) is 9.59 Å². The average Bonchev–Trinajstić information content (AvgIpc) is 2.54. The van der Waals surface area contributed by atoms with Crippen molar-refractivity contribution < 1.29 is 0 Å². The van der Waals surface area contributed by atoms with E-state index >= 15 is 0 Å². The van der Waals surface area contributed by atoms with Gasteiger partial charge in [0.15, 0.2) is 0 Å². The lowest BCUT2D eigenvalue weighted by Crippen LogP contribution is -2.24. The molecule has 2 radical (unpaired) electrons. The summed E-state index contributed by atoms with van der Waals surface area (Å²) in [5.74, 6) is 0.195. The van der Waals surface area contributed by atoms with Crippen LogP contribution in [0.3, 0.4) is 0 Å². The number of aromatic nitrogens is 4. The SMILES string of the molecule is [B]c1cc(Nc2nn(C)c(=O)[nH]2)c(=O)n(C)c1. The van der Waals surface area contributed by atoms with Gasteiger partial charge in [-0.15, -0.1) is 5.10 Å². The molecule has 2 aromatic heterocycles. The fourth-order valence-corrected chi connectivity index (χ4v) is 1.41. The number of nitrogens with zero attached hydrogens (tertiary/aromatic N) is 3. The number of hydrogen-bond acceptors (Lipinski definition) is 4. The highest BCUT2D eigenvalue weighted by molar-refractivity contribution is 6.32. The van der Waals surface area contributed by atoms with Crippen LogP contribution >= 0.6 is 0 Å². The summed E-state index contributed by atoms with van der Waals surface area (Å²) in [6.45, 7) is 0. The van der Waals surface area contributed by atoms with E-state index in [0.29, 0.717) is 5.46 Å². The molecule has 0 fully saturated rings. The van der Waals surface area contributed by atoms with E-state index in [0.717, 1.165) is 4.68 Å². The number of anilines is 2. The first-order valence-corrected chi connectivity index (χ1v) is 4.84. The molecule has 2 rings (SSSR count). The second kappa shape index (κ2) is 3.97. The van der Waals surface area contributed by atoms with Crippen molar-refractivity contribution in [1.82, 2.24) is 19.3 Å². The van der Waals surface area contributed by atoms with Crippen LogP contribution in [0.15, 0.2) is 21.9 Å². The molecule has 2 N–H and O–H groups in total. The zero-order valence-electron chi connectivity index (χ0n) is 9.39. The molecule has 0 aliphatic heterocycles. The van der Waals surface area contributed by atoms with Crippen LogP contribution in [0, 0.1) is 0 Å². The second-order valence-electron chi connectivity index (χ2n) is 3.63. The van der Waals surface area contributed by atoms with Gasteiger partial charge in [-0.05, 0) is 12.3 Å². The van der Waals surface area contributed by atoms with E-state index in [1.165, 1.54) is 23.9 Å². The maximum atomic E-state index is 11.7. The van der Waals surface area contributed by atoms with Crippen molar-refractivity contribution in [1.29, 1.82) is 0 Å². The Labute approximate surface area is 97.5 Å². The van der Waals surface area contributed by atoms with Crippen molar-refractivity contribution in [2.24, 2.45) is 14.1 Å². The summed E-state index contributed by atoms with van der Waals surface area (Å²) in [5.41, 5.74) is 0.0636. The van der Waals surface area contributed by atoms with Crippen LogP contribution in [0.1, 0.15) is 0 Å². The van der Waals surface area contributed by atoms with Crippen LogP contribution in [0.4, 0.5) is 11.6 Å². The van der Waals surface area contributed by atoms with E-state index in [-0.39, 0.29) is 22.9 Å². The van der Waals surface area contributed by atoms with Gasteiger partial charge in [0, 0.05) is 14.1 Å². The van der Waals surface area contributed by atoms with Crippen molar-refractivity contribution in [3.8, 4) is 0 Å². The molecule has 0 atom stereocenters. The Kier molecular flexibility index (Phi) is 2.62. The molecular formula is C9H10BN5O2. The third kappa shape index (κ3) is 2.15. The van der Waals surface area contributed by atoms with Crippen LogP contribution in [0.2, 0.25) is 0 Å². The summed E-state index contributed by atoms with van der Waals surface area (Å²) in [5, 5.41) is 6.57. The number of nitrogens with one attached hydrogen (secondary N) is 2. The van der Waals surface area contributed by atoms with Gasteiger partial charge >= 0.3 is 5.69 Å². The summed E-state index contributed by atoms with van der Waals surface area (Å²) >= 11 is 0. The predicted octanol–water partition coefficient (Wildman–Crippen LogP) is -1.66. The van der Waals surface area contributed by atoms with Gasteiger partial charge < -0.3 is 9.88 Å². The minimum atomic E-state index is -0.367. The molecule has 0 saturated carbocycles. The van der Waals surface area contributed by atoms with Crippen molar-refractivity contribution in [2.45, 2.75) is 0 Å². The minimum absolute atomic E-state index is 0.195. The Morgan fingerprint density at radius 1 is 1.41 bits per heavy atom. The smallest absolute Gasteiger partial charge is 0.320 e. The molecule has 7 nitrogen and oxygen atoms in total. The molecule has 0 aliphatic carbocycles. The second-order valence-corrected chi connectivity index (χ2v) is 3.63. The van der Waals surface area contributed by atoms with Gasteiger partial charge in [-0.25, -0.2) is 9.48 Å². The fraction of sp³-hybridized carbons (Fsp3) is 0.222. The normalized spacial score (nSPS) is 10.5. The Bertz CT molecular complexity index is 669. The molecule has 2 aromatic rings. The topological polar surface area (TPSA) is 84.7 Å². The maximum absolute atomic E-state index is 11.7. The van der Waals surface area contributed by atoms with Crippen LogP contribution in [-0.4, -0.2) is 27.2 Å². The molecule has 8 heteroatoms. The first kappa shape index (κ1) is 11.2. The highest BCUT2D eigenvalue weighted by Crippen LogP contribution is 2.03. The predicted molar refractivity (Wildman–Crippen MR) is 64.2 cm³/mol. The van der Waals surface area contributed by atoms with Gasteiger partial charge in [-0.3, -0.25) is 9.78 Å². The highest BCUT2D eigenvalue weighted by Gasteiger charge is 2.06. The number of aryl methyl sites for hydroxylation is 2. The maximum Gasteiger partial charge on any atom is 0.344 e. The van der Waals surface area contributed by atoms with Crippen LogP contribution < -0.4 is 22.0 Å². The molecular weight excluding hydrogens is 221 g/mol. The molecule has 86 valence electrons. The van der Waals surface area contributed by atoms with Gasteiger partial charge in [0.1, 0.15) is 13.5 Å². The number of hydrogen-bond donors (Lipinski definition) is 2. The lowest BCUT2D eigenvalue weighted by molar-refractivity contribution is 0.736. The molecule has 0 aliphatic rings. The molecule has 0 saturated heterocycles. The van der Waals surface area contributed by atoms with Crippen molar-refractivity contribution in [2.75, 3.05) is 5.32 Å². The number of aromatic amines is 1. The largest absolute Gasteiger partial charge is 0.344 e. The van der Waals surface area contributed by atoms with E-state index < -0.39 is 0 Å². The van der Waals surface area contributed by atoms with Gasteiger partial charge in [0.25, 0.3) is 5.56 Å². The molecule has 17 heavy (non-hydrogen) atoms. The first-order chi connectivity index (χ1) is 7.97. The van der Waals surface area contributed by atoms with Crippen molar-refractivity contribution >= 4 is 24.9 Å². The summed E-state index contributed by atoms with van der Waals surface area (Å²) in [6, 6.07) is 1.48. The Morgan fingerprint density at radius 3 is 2.71 bits per heavy atom. The number of H-pyrrole nitrogens is 1. The minimum Gasteiger partial charge on any atom is -0.320 e. The summed E-state index contributed by atoms with van der Waals surface area (Å²) < 4.78 is 2.47. The zero-order chi connectivity index (χ0) is 12.6. The molecule has 0 aromatic carbocycles. The van der Waals surface area contributed by atoms with Crippen LogP contribution in [0.25, 0.3) is 0 Å². The average molecular weight is 231 g/mol. The monoisotopic (exact) mass is 231 g/mol. The Balaban J connectivity index is 2.43. The summed E-state index contributed by atoms with van der Waals surface area (Å²) in [6.07, 6.45) is 1.51. The molecule has 2 heterocycles. The zero-order valence-corrected chi connectivity index (χ0v) is 9.39. The third-order valence-electron chi connectivity index (χ3n) is 2.23. The summed E-state index contributed by atoms with van der Waals surface area (Å²) in [4.78, 5) is 25.3. The van der Waals surface area contributed by atoms with Crippen molar-refractivity contribution in [3.63, 3.8) is 0 Å². The molecule has 0 amide bonds. The van der Waals surface area contributed by atoms with Crippen LogP contribution in [-0.2, 0) is 14.1 Å². The lowest BCUT2D eigenvalue weighted by Gasteiger charge is -2.05. The van der Waals surface area contributed by atoms with Gasteiger partial charge in [0.2, 0.25) is 5.95 Å². The third-order valence-corrected chi connectivity index (χ3v) is 2.23. The summed E-state index contributed by atoms with van der Waals surface area (Å²) in [7, 11) is 8.71. The van der Waals surface area contributed by atoms with Gasteiger partial charge in [-0.1, -0.05) is 5.46 Å². The standard InChI is InChI=1S/C9H10BN5O2/c1-14-4-5(10)3-6(7(14)16)11-8-12-9(17)15(2)13-8/h3-4H,1-2H3,(H2,11,12,13,17). The van der Waals surface area contributed by atoms with Gasteiger partial charge in [-0.2, -0.15) is 0 Å².